The Morgan fingerprint density at radius 2 is 2.16 bits per heavy atom. The second-order valence-electron chi connectivity index (χ2n) is 4.08. The Bertz CT molecular complexity index is 684. The summed E-state index contributed by atoms with van der Waals surface area (Å²) < 4.78 is 35.6. The zero-order valence-electron chi connectivity index (χ0n) is 9.51. The number of nitrogens with zero attached hydrogens (tertiary/aromatic N) is 2. The second-order valence-corrected chi connectivity index (χ2v) is 6.99. The molecule has 0 aliphatic carbocycles. The molecule has 8 heteroatoms. The van der Waals surface area contributed by atoms with Crippen molar-refractivity contribution in [3.05, 3.63) is 29.6 Å². The Labute approximate surface area is 113 Å². The van der Waals surface area contributed by atoms with Gasteiger partial charge in [0.15, 0.2) is 0 Å². The molecule has 1 saturated heterocycles. The van der Waals surface area contributed by atoms with E-state index in [1.165, 1.54) is 17.0 Å². The molecule has 0 saturated carbocycles. The predicted molar refractivity (Wildman–Crippen MR) is 66.6 cm³/mol. The molecule has 5 nitrogen and oxygen atoms in total. The SMILES string of the molecule is N#Cc1cc(N2CC(S(=O)(=O)Cl)CC2=O)ccc1F. The number of rotatable bonds is 2. The largest absolute Gasteiger partial charge is 0.311 e. The van der Waals surface area contributed by atoms with Crippen molar-refractivity contribution in [1.29, 1.82) is 5.26 Å². The van der Waals surface area contributed by atoms with Gasteiger partial charge in [-0.2, -0.15) is 5.26 Å². The molecule has 0 radical (unpaired) electrons. The Morgan fingerprint density at radius 1 is 1.47 bits per heavy atom. The average Bonchev–Trinajstić information content (AvgIpc) is 2.72. The Morgan fingerprint density at radius 3 is 2.68 bits per heavy atom. The van der Waals surface area contributed by atoms with Crippen LogP contribution in [0, 0.1) is 17.1 Å². The van der Waals surface area contributed by atoms with Crippen LogP contribution in [-0.2, 0) is 13.8 Å². The molecule has 0 N–H and O–H groups in total. The fourth-order valence-electron chi connectivity index (χ4n) is 1.88. The summed E-state index contributed by atoms with van der Waals surface area (Å²) >= 11 is 0. The van der Waals surface area contributed by atoms with Gasteiger partial charge in [0.05, 0.1) is 5.56 Å². The van der Waals surface area contributed by atoms with Crippen molar-refractivity contribution < 1.29 is 17.6 Å². The van der Waals surface area contributed by atoms with Gasteiger partial charge in [0.25, 0.3) is 0 Å². The van der Waals surface area contributed by atoms with E-state index in [2.05, 4.69) is 0 Å². The monoisotopic (exact) mass is 302 g/mol. The van der Waals surface area contributed by atoms with Crippen LogP contribution in [0.2, 0.25) is 0 Å². The van der Waals surface area contributed by atoms with E-state index in [1.807, 2.05) is 0 Å². The zero-order chi connectivity index (χ0) is 14.2. The molecular weight excluding hydrogens is 295 g/mol. The summed E-state index contributed by atoms with van der Waals surface area (Å²) in [6.45, 7) is -0.0961. The van der Waals surface area contributed by atoms with E-state index in [0.717, 1.165) is 6.07 Å². The van der Waals surface area contributed by atoms with Crippen LogP contribution in [0.5, 0.6) is 0 Å². The van der Waals surface area contributed by atoms with Gasteiger partial charge >= 0.3 is 0 Å². The van der Waals surface area contributed by atoms with Crippen LogP contribution in [0.4, 0.5) is 10.1 Å². The highest BCUT2D eigenvalue weighted by Crippen LogP contribution is 2.27. The van der Waals surface area contributed by atoms with E-state index in [4.69, 9.17) is 15.9 Å². The van der Waals surface area contributed by atoms with Crippen molar-refractivity contribution in [2.24, 2.45) is 0 Å². The number of carbonyl (C=O) groups is 1. The van der Waals surface area contributed by atoms with Crippen LogP contribution in [0.15, 0.2) is 18.2 Å². The normalized spacial score (nSPS) is 19.5. The first-order valence-corrected chi connectivity index (χ1v) is 7.63. The third kappa shape index (κ3) is 2.69. The smallest absolute Gasteiger partial charge is 0.237 e. The maximum atomic E-state index is 13.2. The summed E-state index contributed by atoms with van der Waals surface area (Å²) in [4.78, 5) is 12.9. The van der Waals surface area contributed by atoms with Gasteiger partial charge in [-0.05, 0) is 18.2 Å². The number of hydrogen-bond donors (Lipinski definition) is 0. The fourth-order valence-corrected chi connectivity index (χ4v) is 2.91. The Kier molecular flexibility index (Phi) is 3.47. The summed E-state index contributed by atoms with van der Waals surface area (Å²) in [5.74, 6) is -1.12. The summed E-state index contributed by atoms with van der Waals surface area (Å²) in [5, 5.41) is 7.73. The molecule has 0 spiro atoms. The Hall–Kier alpha value is -1.65. The summed E-state index contributed by atoms with van der Waals surface area (Å²) in [5.41, 5.74) is 0.0771. The van der Waals surface area contributed by atoms with E-state index in [-0.39, 0.29) is 24.2 Å². The molecule has 19 heavy (non-hydrogen) atoms. The molecule has 1 aliphatic rings. The highest BCUT2D eigenvalue weighted by molar-refractivity contribution is 8.14. The molecule has 1 aromatic carbocycles. The van der Waals surface area contributed by atoms with Gasteiger partial charge < -0.3 is 4.90 Å². The molecule has 100 valence electrons. The number of nitriles is 1. The van der Waals surface area contributed by atoms with Crippen LogP contribution in [0.1, 0.15) is 12.0 Å². The summed E-state index contributed by atoms with van der Waals surface area (Å²) in [7, 11) is 1.39. The maximum absolute atomic E-state index is 13.2. The molecular formula is C11H8ClFN2O3S. The lowest BCUT2D eigenvalue weighted by Gasteiger charge is -2.16. The van der Waals surface area contributed by atoms with Crippen molar-refractivity contribution in [1.82, 2.24) is 0 Å². The van der Waals surface area contributed by atoms with E-state index in [9.17, 15) is 17.6 Å². The van der Waals surface area contributed by atoms with E-state index >= 15 is 0 Å². The lowest BCUT2D eigenvalue weighted by molar-refractivity contribution is -0.117. The number of anilines is 1. The first kappa shape index (κ1) is 13.8. The van der Waals surface area contributed by atoms with Gasteiger partial charge in [0.2, 0.25) is 15.0 Å². The van der Waals surface area contributed by atoms with E-state index in [0.29, 0.717) is 0 Å². The summed E-state index contributed by atoms with van der Waals surface area (Å²) in [6, 6.07) is 5.24. The van der Waals surface area contributed by atoms with Gasteiger partial charge in [-0.3, -0.25) is 4.79 Å². The van der Waals surface area contributed by atoms with Crippen LogP contribution < -0.4 is 4.90 Å². The number of benzene rings is 1. The van der Waals surface area contributed by atoms with Gasteiger partial charge in [-0.15, -0.1) is 0 Å². The lowest BCUT2D eigenvalue weighted by Crippen LogP contribution is -2.26. The van der Waals surface area contributed by atoms with Crippen molar-refractivity contribution in [2.75, 3.05) is 11.4 Å². The van der Waals surface area contributed by atoms with Crippen molar-refractivity contribution in [2.45, 2.75) is 11.7 Å². The van der Waals surface area contributed by atoms with Crippen LogP contribution in [0.3, 0.4) is 0 Å². The van der Waals surface area contributed by atoms with Crippen LogP contribution in [-0.4, -0.2) is 26.1 Å². The van der Waals surface area contributed by atoms with Crippen molar-refractivity contribution in [3.8, 4) is 6.07 Å². The molecule has 2 rings (SSSR count). The van der Waals surface area contributed by atoms with Gasteiger partial charge in [0, 0.05) is 29.3 Å². The minimum absolute atomic E-state index is 0.0961. The first-order valence-electron chi connectivity index (χ1n) is 5.26. The zero-order valence-corrected chi connectivity index (χ0v) is 11.1. The summed E-state index contributed by atoms with van der Waals surface area (Å²) in [6.07, 6.45) is -0.217. The minimum atomic E-state index is -3.83. The number of amides is 1. The third-order valence-electron chi connectivity index (χ3n) is 2.87. The number of hydrogen-bond acceptors (Lipinski definition) is 4. The van der Waals surface area contributed by atoms with E-state index in [1.54, 1.807) is 6.07 Å². The fraction of sp³-hybridized carbons (Fsp3) is 0.273. The third-order valence-corrected chi connectivity index (χ3v) is 4.74. The predicted octanol–water partition coefficient (Wildman–Crippen LogP) is 1.37. The quantitative estimate of drug-likeness (QED) is 0.773. The molecule has 1 fully saturated rings. The minimum Gasteiger partial charge on any atom is -0.311 e. The molecule has 1 amide bonds. The second kappa shape index (κ2) is 4.79. The van der Waals surface area contributed by atoms with E-state index < -0.39 is 26.0 Å². The average molecular weight is 303 g/mol. The molecule has 1 aliphatic heterocycles. The van der Waals surface area contributed by atoms with Crippen LogP contribution in [0.25, 0.3) is 0 Å². The molecule has 1 heterocycles. The molecule has 1 atom stereocenters. The number of halogens is 2. The van der Waals surface area contributed by atoms with Gasteiger partial charge in [-0.1, -0.05) is 0 Å². The molecule has 1 unspecified atom stereocenters. The van der Waals surface area contributed by atoms with Crippen LogP contribution >= 0.6 is 10.7 Å². The van der Waals surface area contributed by atoms with Gasteiger partial charge in [0.1, 0.15) is 17.1 Å². The number of carbonyl (C=O) groups excluding carboxylic acids is 1. The van der Waals surface area contributed by atoms with Crippen molar-refractivity contribution >= 4 is 31.3 Å². The first-order chi connectivity index (χ1) is 8.82. The highest BCUT2D eigenvalue weighted by atomic mass is 35.7. The molecule has 1 aromatic rings. The lowest BCUT2D eigenvalue weighted by atomic mass is 10.2. The van der Waals surface area contributed by atoms with Gasteiger partial charge in [-0.25, -0.2) is 12.8 Å². The standard InChI is InChI=1S/C11H8ClFN2O3S/c12-19(17,18)9-4-11(16)15(6-9)8-1-2-10(13)7(3-8)5-14/h1-3,9H,4,6H2. The molecule has 0 aromatic heterocycles. The highest BCUT2D eigenvalue weighted by Gasteiger charge is 2.38. The Balaban J connectivity index is 2.34. The topological polar surface area (TPSA) is 78.2 Å². The maximum Gasteiger partial charge on any atom is 0.237 e. The van der Waals surface area contributed by atoms with Crippen molar-refractivity contribution in [3.63, 3.8) is 0 Å². The molecule has 0 bridgehead atoms.